The lowest BCUT2D eigenvalue weighted by Gasteiger charge is -2.20. The zero-order chi connectivity index (χ0) is 21.7. The number of amides is 1. The average Bonchev–Trinajstić information content (AvgIpc) is 3.07. The molecule has 1 amide bonds. The predicted molar refractivity (Wildman–Crippen MR) is 123 cm³/mol. The van der Waals surface area contributed by atoms with Crippen molar-refractivity contribution in [2.45, 2.75) is 37.2 Å². The molecule has 0 aliphatic heterocycles. The lowest BCUT2D eigenvalue weighted by Crippen LogP contribution is -2.31. The van der Waals surface area contributed by atoms with E-state index in [1.807, 2.05) is 35.9 Å². The minimum atomic E-state index is -0.267. The highest BCUT2D eigenvalue weighted by Crippen LogP contribution is 2.27. The molecule has 1 aromatic heterocycles. The molecule has 1 atom stereocenters. The van der Waals surface area contributed by atoms with Gasteiger partial charge in [0.1, 0.15) is 0 Å². The van der Waals surface area contributed by atoms with Crippen LogP contribution in [0.25, 0.3) is 0 Å². The molecule has 30 heavy (non-hydrogen) atoms. The Morgan fingerprint density at radius 1 is 1.10 bits per heavy atom. The minimum absolute atomic E-state index is 0.218. The van der Waals surface area contributed by atoms with Gasteiger partial charge in [-0.1, -0.05) is 73.1 Å². The van der Waals surface area contributed by atoms with Gasteiger partial charge in [-0.25, -0.2) is 0 Å². The Hall–Kier alpha value is -2.02. The fourth-order valence-electron chi connectivity index (χ4n) is 3.07. The third kappa shape index (κ3) is 5.78. The molecule has 158 valence electrons. The molecule has 2 aromatic carbocycles. The van der Waals surface area contributed by atoms with E-state index in [-0.39, 0.29) is 11.9 Å². The van der Waals surface area contributed by atoms with E-state index in [2.05, 4.69) is 29.4 Å². The first-order chi connectivity index (χ1) is 14.3. The number of nitrogens with one attached hydrogen (secondary N) is 1. The second kappa shape index (κ2) is 10.3. The lowest BCUT2D eigenvalue weighted by atomic mass is 10.0. The van der Waals surface area contributed by atoms with Gasteiger partial charge in [-0.2, -0.15) is 0 Å². The number of benzene rings is 2. The number of carbonyl (C=O) groups excluding carboxylic acids is 1. The van der Waals surface area contributed by atoms with Gasteiger partial charge in [0.2, 0.25) is 0 Å². The van der Waals surface area contributed by atoms with Crippen molar-refractivity contribution in [1.82, 2.24) is 20.1 Å². The van der Waals surface area contributed by atoms with Crippen molar-refractivity contribution in [1.29, 1.82) is 0 Å². The largest absolute Gasteiger partial charge is 0.342 e. The molecule has 0 aliphatic rings. The van der Waals surface area contributed by atoms with Crippen LogP contribution in [0.15, 0.2) is 53.7 Å². The zero-order valence-electron chi connectivity index (χ0n) is 17.1. The summed E-state index contributed by atoms with van der Waals surface area (Å²) >= 11 is 13.7. The van der Waals surface area contributed by atoms with Gasteiger partial charge in [0.05, 0.1) is 16.6 Å². The summed E-state index contributed by atoms with van der Waals surface area (Å²) in [4.78, 5) is 12.8. The van der Waals surface area contributed by atoms with Gasteiger partial charge in [0, 0.05) is 17.8 Å². The van der Waals surface area contributed by atoms with Gasteiger partial charge in [0.25, 0.3) is 5.91 Å². The van der Waals surface area contributed by atoms with Crippen LogP contribution in [-0.4, -0.2) is 20.7 Å². The van der Waals surface area contributed by atoms with Crippen molar-refractivity contribution in [3.05, 3.63) is 75.5 Å². The Bertz CT molecular complexity index is 1000. The maximum Gasteiger partial charge on any atom is 0.253 e. The second-order valence-electron chi connectivity index (χ2n) is 7.45. The number of aromatic nitrogens is 3. The molecule has 0 fully saturated rings. The summed E-state index contributed by atoms with van der Waals surface area (Å²) in [6.07, 6.45) is 0.740. The normalized spacial score (nSPS) is 12.2. The molecule has 0 radical (unpaired) electrons. The van der Waals surface area contributed by atoms with E-state index in [1.165, 1.54) is 0 Å². The first-order valence-electron chi connectivity index (χ1n) is 9.67. The third-order valence-electron chi connectivity index (χ3n) is 4.59. The number of hydrogen-bond acceptors (Lipinski definition) is 4. The van der Waals surface area contributed by atoms with E-state index in [1.54, 1.807) is 36.0 Å². The lowest BCUT2D eigenvalue weighted by molar-refractivity contribution is 0.0929. The quantitative estimate of drug-likeness (QED) is 0.421. The second-order valence-corrected chi connectivity index (χ2v) is 9.24. The highest BCUT2D eigenvalue weighted by atomic mass is 35.5. The molecule has 0 saturated heterocycles. The molecular formula is C22H24Cl2N4OS. The number of nitrogens with zero attached hydrogens (tertiary/aromatic N) is 3. The van der Waals surface area contributed by atoms with Crippen molar-refractivity contribution in [2.24, 2.45) is 13.0 Å². The van der Waals surface area contributed by atoms with Crippen LogP contribution >= 0.6 is 35.0 Å². The molecule has 0 spiro atoms. The van der Waals surface area contributed by atoms with Crippen LogP contribution < -0.4 is 5.32 Å². The van der Waals surface area contributed by atoms with E-state index in [0.717, 1.165) is 33.7 Å². The van der Waals surface area contributed by atoms with Gasteiger partial charge >= 0.3 is 0 Å². The first kappa shape index (κ1) is 22.7. The van der Waals surface area contributed by atoms with Crippen LogP contribution in [0.5, 0.6) is 0 Å². The van der Waals surface area contributed by atoms with Gasteiger partial charge in [-0.3, -0.25) is 4.79 Å². The Kier molecular flexibility index (Phi) is 7.81. The SMILES string of the molecule is CC(C)C[C@H](NC(=O)c1ccccc1Cl)c1nnc(SCc2ccc(Cl)cc2)n1C. The Balaban J connectivity index is 1.76. The summed E-state index contributed by atoms with van der Waals surface area (Å²) in [6.45, 7) is 4.22. The van der Waals surface area contributed by atoms with Gasteiger partial charge in [-0.05, 0) is 42.2 Å². The van der Waals surface area contributed by atoms with Crippen molar-refractivity contribution in [3.8, 4) is 0 Å². The first-order valence-corrected chi connectivity index (χ1v) is 11.4. The van der Waals surface area contributed by atoms with Crippen LogP contribution in [0.4, 0.5) is 0 Å². The predicted octanol–water partition coefficient (Wildman–Crippen LogP) is 5.93. The molecule has 1 heterocycles. The maximum atomic E-state index is 12.8. The summed E-state index contributed by atoms with van der Waals surface area (Å²) < 4.78 is 1.94. The van der Waals surface area contributed by atoms with E-state index in [9.17, 15) is 4.79 Å². The van der Waals surface area contributed by atoms with Crippen molar-refractivity contribution >= 4 is 40.9 Å². The van der Waals surface area contributed by atoms with Crippen LogP contribution in [-0.2, 0) is 12.8 Å². The van der Waals surface area contributed by atoms with E-state index >= 15 is 0 Å². The molecule has 0 aliphatic carbocycles. The number of rotatable bonds is 8. The summed E-state index contributed by atoms with van der Waals surface area (Å²) in [5.74, 6) is 1.62. The van der Waals surface area contributed by atoms with E-state index in [0.29, 0.717) is 16.5 Å². The Morgan fingerprint density at radius 3 is 2.47 bits per heavy atom. The summed E-state index contributed by atoms with van der Waals surface area (Å²) in [6, 6.07) is 14.5. The molecular weight excluding hydrogens is 439 g/mol. The molecule has 0 saturated carbocycles. The fraction of sp³-hybridized carbons (Fsp3) is 0.318. The zero-order valence-corrected chi connectivity index (χ0v) is 19.4. The van der Waals surface area contributed by atoms with Gasteiger partial charge in [0.15, 0.2) is 11.0 Å². The smallest absolute Gasteiger partial charge is 0.253 e. The van der Waals surface area contributed by atoms with Crippen molar-refractivity contribution < 1.29 is 4.79 Å². The molecule has 8 heteroatoms. The summed E-state index contributed by atoms with van der Waals surface area (Å²) in [5.41, 5.74) is 1.60. The van der Waals surface area contributed by atoms with Crippen LogP contribution in [0.2, 0.25) is 10.0 Å². The number of carbonyl (C=O) groups is 1. The van der Waals surface area contributed by atoms with Crippen molar-refractivity contribution in [3.63, 3.8) is 0 Å². The molecule has 0 bridgehead atoms. The highest BCUT2D eigenvalue weighted by molar-refractivity contribution is 7.98. The maximum absolute atomic E-state index is 12.8. The standard InChI is InChI=1S/C22H24Cl2N4OS/c1-14(2)12-19(25-21(29)17-6-4-5-7-18(17)24)20-26-27-22(28(20)3)30-13-15-8-10-16(23)11-9-15/h4-11,14,19H,12-13H2,1-3H3,(H,25,29)/t19-/m0/s1. The Morgan fingerprint density at radius 2 is 1.80 bits per heavy atom. The fourth-order valence-corrected chi connectivity index (χ4v) is 4.29. The molecule has 3 rings (SSSR count). The summed E-state index contributed by atoms with van der Waals surface area (Å²) in [5, 5.41) is 13.8. The Labute approximate surface area is 191 Å². The third-order valence-corrected chi connectivity index (χ3v) is 6.27. The highest BCUT2D eigenvalue weighted by Gasteiger charge is 2.24. The molecule has 5 nitrogen and oxygen atoms in total. The monoisotopic (exact) mass is 462 g/mol. The van der Waals surface area contributed by atoms with Crippen LogP contribution in [0.1, 0.15) is 48.1 Å². The van der Waals surface area contributed by atoms with E-state index in [4.69, 9.17) is 23.2 Å². The van der Waals surface area contributed by atoms with Gasteiger partial charge < -0.3 is 9.88 Å². The number of halogens is 2. The molecule has 3 aromatic rings. The summed E-state index contributed by atoms with van der Waals surface area (Å²) in [7, 11) is 1.93. The van der Waals surface area contributed by atoms with Gasteiger partial charge in [-0.15, -0.1) is 10.2 Å². The topological polar surface area (TPSA) is 59.8 Å². The van der Waals surface area contributed by atoms with Crippen molar-refractivity contribution in [2.75, 3.05) is 0 Å². The average molecular weight is 463 g/mol. The van der Waals surface area contributed by atoms with E-state index < -0.39 is 0 Å². The molecule has 0 unspecified atom stereocenters. The number of hydrogen-bond donors (Lipinski definition) is 1. The van der Waals surface area contributed by atoms with Crippen LogP contribution in [0.3, 0.4) is 0 Å². The van der Waals surface area contributed by atoms with Crippen LogP contribution in [0, 0.1) is 5.92 Å². The molecule has 1 N–H and O–H groups in total. The number of thioether (sulfide) groups is 1. The minimum Gasteiger partial charge on any atom is -0.342 e.